The molecule has 0 aromatic heterocycles. The first-order chi connectivity index (χ1) is 13.8. The number of likely N-dealkylation sites (N-methyl/N-ethyl adjacent to an activating group) is 1. The van der Waals surface area contributed by atoms with Crippen molar-refractivity contribution in [2.75, 3.05) is 56.9 Å². The van der Waals surface area contributed by atoms with E-state index in [1.807, 2.05) is 11.9 Å². The topological polar surface area (TPSA) is 102 Å². The fourth-order valence-corrected chi connectivity index (χ4v) is 3.39. The molecule has 0 radical (unpaired) electrons. The molecule has 0 aliphatic carbocycles. The molecule has 1 aliphatic rings. The normalized spacial score (nSPS) is 15.6. The lowest BCUT2D eigenvalue weighted by Gasteiger charge is -2.41. The molecule has 9 heteroatoms. The summed E-state index contributed by atoms with van der Waals surface area (Å²) in [7, 11) is 2.02. The first-order valence-corrected chi connectivity index (χ1v) is 9.56. The number of rotatable bonds is 6. The molecule has 0 saturated carbocycles. The summed E-state index contributed by atoms with van der Waals surface area (Å²) >= 11 is 0. The van der Waals surface area contributed by atoms with Crippen LogP contribution in [0, 0.1) is 0 Å². The summed E-state index contributed by atoms with van der Waals surface area (Å²) in [6, 6.07) is 13.3. The van der Waals surface area contributed by atoms with Crippen LogP contribution in [0.25, 0.3) is 0 Å². The Morgan fingerprint density at radius 1 is 0.900 bits per heavy atom. The van der Waals surface area contributed by atoms with Gasteiger partial charge in [-0.05, 0) is 24.3 Å². The van der Waals surface area contributed by atoms with Crippen molar-refractivity contribution in [3.63, 3.8) is 0 Å². The Morgan fingerprint density at radius 3 is 1.87 bits per heavy atom. The Kier molecular flexibility index (Phi) is 8.05. The number of phenolic OH excluding ortho intramolecular Hbond substituents is 2. The maximum absolute atomic E-state index is 12.4. The Bertz CT molecular complexity index is 885. The van der Waals surface area contributed by atoms with E-state index in [-0.39, 0.29) is 42.3 Å². The monoisotopic (exact) mass is 434 g/mol. The molecule has 4 N–H and O–H groups in total. The minimum Gasteiger partial charge on any atom is -1.00 e. The number of nitrogens with one attached hydrogen (secondary N) is 2. The maximum Gasteiger partial charge on any atom is 0.279 e. The van der Waals surface area contributed by atoms with Gasteiger partial charge in [-0.15, -0.1) is 0 Å². The quantitative estimate of drug-likeness (QED) is 0.325. The van der Waals surface area contributed by atoms with E-state index >= 15 is 0 Å². The number of carbonyl (C=O) groups excluding carboxylic acids is 2. The predicted molar refractivity (Wildman–Crippen MR) is 111 cm³/mol. The number of carbonyl (C=O) groups is 2. The van der Waals surface area contributed by atoms with Gasteiger partial charge in [0.15, 0.2) is 6.54 Å². The average molecular weight is 435 g/mol. The van der Waals surface area contributed by atoms with Crippen LogP contribution < -0.4 is 23.0 Å². The van der Waals surface area contributed by atoms with E-state index in [1.165, 1.54) is 12.1 Å². The van der Waals surface area contributed by atoms with E-state index in [2.05, 4.69) is 10.6 Å². The number of phenols is 2. The lowest BCUT2D eigenvalue weighted by molar-refractivity contribution is -0.905. The van der Waals surface area contributed by atoms with Crippen molar-refractivity contribution in [3.8, 4) is 11.5 Å². The Balaban J connectivity index is 0.00000320. The summed E-state index contributed by atoms with van der Waals surface area (Å²) in [5.41, 5.74) is 0.805. The first-order valence-electron chi connectivity index (χ1n) is 9.56. The highest BCUT2D eigenvalue weighted by Gasteiger charge is 2.31. The van der Waals surface area contributed by atoms with Crippen molar-refractivity contribution < 1.29 is 36.7 Å². The molecule has 3 rings (SSSR count). The lowest BCUT2D eigenvalue weighted by Crippen LogP contribution is -3.00. The van der Waals surface area contributed by atoms with Gasteiger partial charge in [0.1, 0.15) is 11.5 Å². The highest BCUT2D eigenvalue weighted by molar-refractivity contribution is 5.94. The number of amides is 2. The number of nitrogens with zero attached hydrogens (tertiary/aromatic N) is 2. The van der Waals surface area contributed by atoms with Gasteiger partial charge in [0.05, 0.1) is 38.1 Å². The molecule has 1 aliphatic heterocycles. The fraction of sp³-hybridized carbons (Fsp3) is 0.333. The number of piperazine rings is 1. The van der Waals surface area contributed by atoms with Crippen LogP contribution in [0.4, 0.5) is 11.4 Å². The molecule has 30 heavy (non-hydrogen) atoms. The molecule has 0 unspecified atom stereocenters. The highest BCUT2D eigenvalue weighted by atomic mass is 35.5. The number of benzene rings is 2. The minimum atomic E-state index is -0.181. The van der Waals surface area contributed by atoms with Gasteiger partial charge >= 0.3 is 0 Å². The van der Waals surface area contributed by atoms with E-state index in [9.17, 15) is 19.8 Å². The smallest absolute Gasteiger partial charge is 0.279 e. The van der Waals surface area contributed by atoms with E-state index < -0.39 is 0 Å². The van der Waals surface area contributed by atoms with Crippen LogP contribution in [0.1, 0.15) is 0 Å². The maximum atomic E-state index is 12.4. The van der Waals surface area contributed by atoms with Gasteiger partial charge in [0, 0.05) is 13.1 Å². The first kappa shape index (κ1) is 23.5. The molecule has 1 fully saturated rings. The molecule has 1 saturated heterocycles. The van der Waals surface area contributed by atoms with Gasteiger partial charge < -0.3 is 37.7 Å². The third-order valence-electron chi connectivity index (χ3n) is 5.16. The lowest BCUT2D eigenvalue weighted by atomic mass is 10.2. The van der Waals surface area contributed by atoms with Crippen LogP contribution in [0.2, 0.25) is 0 Å². The standard InChI is InChI=1S/C21H26N4O4.ClH/c1-25(15-21(29)23-17-7-3-5-9-19(17)27)12-10-24(11-13-25)14-20(28)22-16-6-2-4-8-18(16)26;/h2-9H,10-15H2,1H3,(H3-,22,23,26,27,28,29);1H. The Labute approximate surface area is 182 Å². The second-order valence-electron chi connectivity index (χ2n) is 7.63. The highest BCUT2D eigenvalue weighted by Crippen LogP contribution is 2.22. The zero-order chi connectivity index (χ0) is 20.9. The summed E-state index contributed by atoms with van der Waals surface area (Å²) in [6.45, 7) is 3.38. The van der Waals surface area contributed by atoms with E-state index in [1.54, 1.807) is 36.4 Å². The predicted octanol–water partition coefficient (Wildman–Crippen LogP) is -1.56. The molecular weight excluding hydrogens is 408 g/mol. The Hall–Kier alpha value is -2.81. The summed E-state index contributed by atoms with van der Waals surface area (Å²) in [5, 5.41) is 25.0. The number of halogens is 1. The Morgan fingerprint density at radius 2 is 1.37 bits per heavy atom. The van der Waals surface area contributed by atoms with Gasteiger partial charge in [0.25, 0.3) is 5.91 Å². The van der Waals surface area contributed by atoms with Gasteiger partial charge in [-0.1, -0.05) is 24.3 Å². The van der Waals surface area contributed by atoms with Crippen LogP contribution >= 0.6 is 0 Å². The molecule has 0 atom stereocenters. The fourth-order valence-electron chi connectivity index (χ4n) is 3.39. The van der Waals surface area contributed by atoms with Crippen molar-refractivity contribution >= 4 is 23.2 Å². The third-order valence-corrected chi connectivity index (χ3v) is 5.16. The number of quaternary nitrogens is 1. The third kappa shape index (κ3) is 6.35. The van der Waals surface area contributed by atoms with E-state index in [0.717, 1.165) is 13.1 Å². The van der Waals surface area contributed by atoms with Crippen molar-refractivity contribution in [2.24, 2.45) is 0 Å². The molecule has 2 aromatic carbocycles. The summed E-state index contributed by atoms with van der Waals surface area (Å²) in [4.78, 5) is 26.7. The zero-order valence-corrected chi connectivity index (χ0v) is 17.6. The zero-order valence-electron chi connectivity index (χ0n) is 16.8. The SMILES string of the molecule is C[N+]1(CC(=O)Nc2ccccc2O)CCN(CC(=O)Nc2ccccc2O)CC1.[Cl-]. The van der Waals surface area contributed by atoms with Crippen molar-refractivity contribution in [1.29, 1.82) is 0 Å². The molecule has 0 bridgehead atoms. The summed E-state index contributed by atoms with van der Waals surface area (Å²) in [6.07, 6.45) is 0. The number of aromatic hydroxyl groups is 2. The van der Waals surface area contributed by atoms with Gasteiger partial charge in [-0.2, -0.15) is 0 Å². The van der Waals surface area contributed by atoms with Crippen LogP contribution in [-0.4, -0.2) is 77.7 Å². The number of hydrogen-bond acceptors (Lipinski definition) is 5. The largest absolute Gasteiger partial charge is 1.00 e. The molecular formula is C21H27ClN4O4. The van der Waals surface area contributed by atoms with Crippen molar-refractivity contribution in [3.05, 3.63) is 48.5 Å². The number of para-hydroxylation sites is 4. The van der Waals surface area contributed by atoms with E-state index in [4.69, 9.17) is 0 Å². The van der Waals surface area contributed by atoms with Crippen LogP contribution in [-0.2, 0) is 9.59 Å². The second-order valence-corrected chi connectivity index (χ2v) is 7.63. The molecule has 162 valence electrons. The number of anilines is 2. The molecule has 0 spiro atoms. The number of hydrogen-bond donors (Lipinski definition) is 4. The van der Waals surface area contributed by atoms with Crippen molar-refractivity contribution in [1.82, 2.24) is 4.90 Å². The minimum absolute atomic E-state index is 0. The van der Waals surface area contributed by atoms with Crippen LogP contribution in [0.5, 0.6) is 11.5 Å². The van der Waals surface area contributed by atoms with Gasteiger partial charge in [-0.3, -0.25) is 14.5 Å². The van der Waals surface area contributed by atoms with Crippen LogP contribution in [0.3, 0.4) is 0 Å². The average Bonchev–Trinajstić information content (AvgIpc) is 2.67. The van der Waals surface area contributed by atoms with Crippen molar-refractivity contribution in [2.45, 2.75) is 0 Å². The van der Waals surface area contributed by atoms with E-state index in [0.29, 0.717) is 35.5 Å². The molecule has 8 nitrogen and oxygen atoms in total. The summed E-state index contributed by atoms with van der Waals surface area (Å²) < 4.78 is 0.566. The van der Waals surface area contributed by atoms with Crippen LogP contribution in [0.15, 0.2) is 48.5 Å². The summed E-state index contributed by atoms with van der Waals surface area (Å²) in [5.74, 6) is -0.248. The molecule has 2 aromatic rings. The molecule has 1 heterocycles. The van der Waals surface area contributed by atoms with Gasteiger partial charge in [0.2, 0.25) is 5.91 Å². The molecule has 2 amide bonds. The van der Waals surface area contributed by atoms with Gasteiger partial charge in [-0.25, -0.2) is 0 Å². The second kappa shape index (κ2) is 10.3.